The molecule has 3 rings (SSSR count). The predicted molar refractivity (Wildman–Crippen MR) is 80.6 cm³/mol. The van der Waals surface area contributed by atoms with E-state index in [2.05, 4.69) is 11.0 Å². The van der Waals surface area contributed by atoms with Gasteiger partial charge < -0.3 is 16.4 Å². The Balaban J connectivity index is 1.86. The molecule has 4 nitrogen and oxygen atoms in total. The van der Waals surface area contributed by atoms with E-state index in [1.54, 1.807) is 12.1 Å². The summed E-state index contributed by atoms with van der Waals surface area (Å²) in [5.41, 5.74) is 16.3. The van der Waals surface area contributed by atoms with Gasteiger partial charge in [0.05, 0.1) is 0 Å². The summed E-state index contributed by atoms with van der Waals surface area (Å²) in [5, 5.41) is 0. The summed E-state index contributed by atoms with van der Waals surface area (Å²) in [4.78, 5) is 13.4. The van der Waals surface area contributed by atoms with Crippen LogP contribution in [0.15, 0.2) is 42.5 Å². The number of hydrogen-bond acceptors (Lipinski definition) is 3. The van der Waals surface area contributed by atoms with Crippen molar-refractivity contribution >= 4 is 17.3 Å². The van der Waals surface area contributed by atoms with Crippen molar-refractivity contribution < 1.29 is 4.79 Å². The second-order valence-corrected chi connectivity index (χ2v) is 5.07. The molecule has 0 saturated heterocycles. The third kappa shape index (κ3) is 2.20. The first-order chi connectivity index (χ1) is 9.65. The highest BCUT2D eigenvalue weighted by Gasteiger charge is 2.18. The largest absolute Gasteiger partial charge is 0.398 e. The van der Waals surface area contributed by atoms with Gasteiger partial charge in [0.1, 0.15) is 0 Å². The van der Waals surface area contributed by atoms with Crippen LogP contribution < -0.4 is 16.4 Å². The van der Waals surface area contributed by atoms with Crippen LogP contribution in [0, 0.1) is 0 Å². The van der Waals surface area contributed by atoms with Crippen molar-refractivity contribution in [3.05, 3.63) is 59.2 Å². The molecule has 0 unspecified atom stereocenters. The van der Waals surface area contributed by atoms with Crippen molar-refractivity contribution in [1.82, 2.24) is 0 Å². The highest BCUT2D eigenvalue weighted by Crippen LogP contribution is 2.28. The van der Waals surface area contributed by atoms with Crippen LogP contribution in [0.4, 0.5) is 11.4 Å². The number of hydrogen-bond donors (Lipinski definition) is 2. The minimum Gasteiger partial charge on any atom is -0.398 e. The number of nitrogen functional groups attached to an aromatic ring is 1. The zero-order chi connectivity index (χ0) is 14.1. The topological polar surface area (TPSA) is 72.4 Å². The van der Waals surface area contributed by atoms with E-state index in [0.29, 0.717) is 5.56 Å². The fourth-order valence-corrected chi connectivity index (χ4v) is 2.66. The van der Waals surface area contributed by atoms with Crippen molar-refractivity contribution in [3.63, 3.8) is 0 Å². The van der Waals surface area contributed by atoms with E-state index in [9.17, 15) is 4.79 Å². The van der Waals surface area contributed by atoms with Crippen LogP contribution in [0.3, 0.4) is 0 Å². The van der Waals surface area contributed by atoms with Crippen molar-refractivity contribution in [2.24, 2.45) is 5.73 Å². The number of nitrogens with two attached hydrogens (primary N) is 2. The fraction of sp³-hybridized carbons (Fsp3) is 0.188. The Hall–Kier alpha value is -2.49. The molecule has 1 aliphatic rings. The smallest absolute Gasteiger partial charge is 0.248 e. The van der Waals surface area contributed by atoms with Crippen molar-refractivity contribution in [2.75, 3.05) is 17.2 Å². The molecule has 4 N–H and O–H groups in total. The van der Waals surface area contributed by atoms with E-state index >= 15 is 0 Å². The summed E-state index contributed by atoms with van der Waals surface area (Å²) in [5.74, 6) is -0.398. The average molecular weight is 267 g/mol. The molecule has 0 aromatic heterocycles. The highest BCUT2D eigenvalue weighted by atomic mass is 16.1. The molecule has 4 heteroatoms. The Morgan fingerprint density at radius 1 is 1.10 bits per heavy atom. The third-order valence-electron chi connectivity index (χ3n) is 3.83. The third-order valence-corrected chi connectivity index (χ3v) is 3.83. The predicted octanol–water partition coefficient (Wildman–Crippen LogP) is 1.93. The summed E-state index contributed by atoms with van der Waals surface area (Å²) in [7, 11) is 0. The number of primary amides is 1. The number of amides is 1. The van der Waals surface area contributed by atoms with Gasteiger partial charge >= 0.3 is 0 Å². The van der Waals surface area contributed by atoms with Crippen LogP contribution in [0.5, 0.6) is 0 Å². The zero-order valence-corrected chi connectivity index (χ0v) is 11.2. The van der Waals surface area contributed by atoms with Crippen molar-refractivity contribution in [2.45, 2.75) is 13.0 Å². The molecule has 1 amide bonds. The van der Waals surface area contributed by atoms with Gasteiger partial charge in [-0.05, 0) is 47.9 Å². The molecule has 0 spiro atoms. The first-order valence-corrected chi connectivity index (χ1v) is 6.66. The van der Waals surface area contributed by atoms with Crippen LogP contribution in [0.25, 0.3) is 0 Å². The second-order valence-electron chi connectivity index (χ2n) is 5.07. The van der Waals surface area contributed by atoms with Crippen LogP contribution in [-0.2, 0) is 13.0 Å². The van der Waals surface area contributed by atoms with Crippen LogP contribution in [-0.4, -0.2) is 12.5 Å². The quantitative estimate of drug-likeness (QED) is 0.817. The molecule has 102 valence electrons. The fourth-order valence-electron chi connectivity index (χ4n) is 2.66. The number of fused-ring (bicyclic) bond motifs is 1. The molecule has 0 bridgehead atoms. The molecular formula is C16H17N3O. The summed E-state index contributed by atoms with van der Waals surface area (Å²) in [6.45, 7) is 1.75. The summed E-state index contributed by atoms with van der Waals surface area (Å²) < 4.78 is 0. The summed E-state index contributed by atoms with van der Waals surface area (Å²) in [6.07, 6.45) is 0.984. The number of nitrogens with zero attached hydrogens (tertiary/aromatic N) is 1. The highest BCUT2D eigenvalue weighted by molar-refractivity contribution is 5.93. The maximum atomic E-state index is 11.1. The van der Waals surface area contributed by atoms with Gasteiger partial charge in [-0.25, -0.2) is 0 Å². The molecule has 0 radical (unpaired) electrons. The Kier molecular flexibility index (Phi) is 3.06. The zero-order valence-electron chi connectivity index (χ0n) is 11.2. The van der Waals surface area contributed by atoms with Crippen molar-refractivity contribution in [1.29, 1.82) is 0 Å². The van der Waals surface area contributed by atoms with Gasteiger partial charge in [-0.3, -0.25) is 4.79 Å². The molecule has 0 atom stereocenters. The van der Waals surface area contributed by atoms with E-state index in [1.165, 1.54) is 11.1 Å². The second kappa shape index (κ2) is 4.89. The lowest BCUT2D eigenvalue weighted by Gasteiger charge is -2.31. The van der Waals surface area contributed by atoms with Gasteiger partial charge in [-0.1, -0.05) is 12.1 Å². The molecule has 0 fully saturated rings. The first kappa shape index (κ1) is 12.5. The number of carbonyl (C=O) groups excluding carboxylic acids is 1. The Bertz CT molecular complexity index is 649. The molecule has 0 saturated carbocycles. The van der Waals surface area contributed by atoms with Gasteiger partial charge in [0.15, 0.2) is 0 Å². The lowest BCUT2D eigenvalue weighted by molar-refractivity contribution is 0.100. The Labute approximate surface area is 118 Å². The molecular weight excluding hydrogens is 250 g/mol. The average Bonchev–Trinajstić information content (AvgIpc) is 2.47. The standard InChI is InChI=1S/C16H17N3O/c17-15-3-1-2-11-8-9-19(10-14(11)15)13-6-4-12(5-7-13)16(18)20/h1-7H,8-10,17H2,(H2,18,20). The van der Waals surface area contributed by atoms with E-state index < -0.39 is 5.91 Å². The van der Waals surface area contributed by atoms with Crippen LogP contribution >= 0.6 is 0 Å². The van der Waals surface area contributed by atoms with Crippen LogP contribution in [0.2, 0.25) is 0 Å². The van der Waals surface area contributed by atoms with Gasteiger partial charge in [0.25, 0.3) is 0 Å². The molecule has 2 aromatic rings. The van der Waals surface area contributed by atoms with E-state index in [1.807, 2.05) is 24.3 Å². The number of rotatable bonds is 2. The minimum absolute atomic E-state index is 0.398. The maximum absolute atomic E-state index is 11.1. The SMILES string of the molecule is NC(=O)c1ccc(N2CCc3cccc(N)c3C2)cc1. The number of anilines is 2. The first-order valence-electron chi connectivity index (χ1n) is 6.66. The Morgan fingerprint density at radius 3 is 2.55 bits per heavy atom. The van der Waals surface area contributed by atoms with Crippen molar-refractivity contribution in [3.8, 4) is 0 Å². The minimum atomic E-state index is -0.398. The van der Waals surface area contributed by atoms with Gasteiger partial charge in [-0.15, -0.1) is 0 Å². The molecule has 1 heterocycles. The molecule has 2 aromatic carbocycles. The molecule has 0 aliphatic carbocycles. The van der Waals surface area contributed by atoms with E-state index in [0.717, 1.165) is 30.9 Å². The van der Waals surface area contributed by atoms with Crippen LogP contribution in [0.1, 0.15) is 21.5 Å². The molecule has 20 heavy (non-hydrogen) atoms. The molecule has 1 aliphatic heterocycles. The van der Waals surface area contributed by atoms with E-state index in [4.69, 9.17) is 11.5 Å². The van der Waals surface area contributed by atoms with Gasteiger partial charge in [0.2, 0.25) is 5.91 Å². The normalized spacial score (nSPS) is 13.9. The number of benzene rings is 2. The van der Waals surface area contributed by atoms with Gasteiger partial charge in [0, 0.05) is 30.0 Å². The van der Waals surface area contributed by atoms with Gasteiger partial charge in [-0.2, -0.15) is 0 Å². The monoisotopic (exact) mass is 267 g/mol. The maximum Gasteiger partial charge on any atom is 0.248 e. The summed E-state index contributed by atoms with van der Waals surface area (Å²) >= 11 is 0. The van der Waals surface area contributed by atoms with E-state index in [-0.39, 0.29) is 0 Å². The Morgan fingerprint density at radius 2 is 1.85 bits per heavy atom. The lowest BCUT2D eigenvalue weighted by Crippen LogP contribution is -2.31. The summed E-state index contributed by atoms with van der Waals surface area (Å²) in [6, 6.07) is 13.5. The number of carbonyl (C=O) groups is 1. The lowest BCUT2D eigenvalue weighted by atomic mass is 9.97.